The van der Waals surface area contributed by atoms with Crippen molar-refractivity contribution in [2.24, 2.45) is 0 Å². The molecule has 0 aliphatic carbocycles. The number of thioether (sulfide) groups is 1. The van der Waals surface area contributed by atoms with Gasteiger partial charge in [0.25, 0.3) is 5.69 Å². The van der Waals surface area contributed by atoms with Crippen molar-refractivity contribution in [1.29, 1.82) is 0 Å². The Balaban J connectivity index is 1.74. The number of hydrogen-bond acceptors (Lipinski definition) is 5. The van der Waals surface area contributed by atoms with E-state index in [-0.39, 0.29) is 17.4 Å². The first-order valence-electron chi connectivity index (χ1n) is 6.90. The molecule has 0 aromatic heterocycles. The average Bonchev–Trinajstić information content (AvgIpc) is 2.89. The largest absolute Gasteiger partial charge is 0.488 e. The Morgan fingerprint density at radius 3 is 3.10 bits per heavy atom. The number of ether oxygens (including phenoxy) is 2. The van der Waals surface area contributed by atoms with Gasteiger partial charge in [-0.25, -0.2) is 0 Å². The van der Waals surface area contributed by atoms with Crippen LogP contribution >= 0.6 is 23.4 Å². The molecule has 0 N–H and O–H groups in total. The number of hydrogen-bond donors (Lipinski definition) is 0. The molecule has 21 heavy (non-hydrogen) atoms. The maximum Gasteiger partial charge on any atom is 0.273 e. The summed E-state index contributed by atoms with van der Waals surface area (Å²) < 4.78 is 11.9. The molecule has 1 aromatic rings. The molecular weight excluding hydrogens is 314 g/mol. The molecule has 2 atom stereocenters. The number of nitrogens with zero attached hydrogens (tertiary/aromatic N) is 1. The molecule has 0 radical (unpaired) electrons. The highest BCUT2D eigenvalue weighted by atomic mass is 35.5. The summed E-state index contributed by atoms with van der Waals surface area (Å²) >= 11 is 7.99. The third-order valence-corrected chi connectivity index (χ3v) is 5.47. The summed E-state index contributed by atoms with van der Waals surface area (Å²) in [5.41, 5.74) is -0.0894. The fraction of sp³-hybridized carbons (Fsp3) is 0.571. The first kappa shape index (κ1) is 14.9. The first-order valence-corrected chi connectivity index (χ1v) is 8.44. The summed E-state index contributed by atoms with van der Waals surface area (Å²) in [6, 6.07) is 4.29. The van der Waals surface area contributed by atoms with E-state index in [1.165, 1.54) is 18.2 Å². The maximum absolute atomic E-state index is 10.8. The van der Waals surface area contributed by atoms with Gasteiger partial charge < -0.3 is 9.47 Å². The minimum absolute atomic E-state index is 0.00282. The van der Waals surface area contributed by atoms with Crippen LogP contribution < -0.4 is 4.74 Å². The van der Waals surface area contributed by atoms with Crippen LogP contribution in [0.25, 0.3) is 0 Å². The molecule has 0 amide bonds. The van der Waals surface area contributed by atoms with E-state index in [0.717, 1.165) is 30.8 Å². The Kier molecular flexibility index (Phi) is 4.28. The molecule has 2 heterocycles. The molecule has 1 spiro atoms. The molecule has 2 aliphatic heterocycles. The van der Waals surface area contributed by atoms with Crippen LogP contribution in [0, 0.1) is 10.1 Å². The number of nitro groups is 1. The fourth-order valence-corrected chi connectivity index (χ4v) is 4.36. The molecule has 2 saturated heterocycles. The predicted octanol–water partition coefficient (Wildman–Crippen LogP) is 3.68. The van der Waals surface area contributed by atoms with Gasteiger partial charge in [-0.1, -0.05) is 11.6 Å². The normalized spacial score (nSPS) is 28.7. The van der Waals surface area contributed by atoms with Crippen molar-refractivity contribution >= 4 is 29.1 Å². The van der Waals surface area contributed by atoms with E-state index < -0.39 is 4.92 Å². The molecule has 0 saturated carbocycles. The van der Waals surface area contributed by atoms with Gasteiger partial charge in [-0.3, -0.25) is 10.1 Å². The molecule has 7 heteroatoms. The summed E-state index contributed by atoms with van der Waals surface area (Å²) in [5, 5.41) is 11.2. The number of rotatable bonds is 3. The lowest BCUT2D eigenvalue weighted by Gasteiger charge is -2.37. The Labute approximate surface area is 132 Å². The van der Waals surface area contributed by atoms with Crippen LogP contribution in [-0.2, 0) is 4.74 Å². The van der Waals surface area contributed by atoms with Crippen molar-refractivity contribution in [2.45, 2.75) is 31.0 Å². The molecule has 2 unspecified atom stereocenters. The number of non-ortho nitro benzene ring substituents is 1. The first-order chi connectivity index (χ1) is 10.1. The van der Waals surface area contributed by atoms with Gasteiger partial charge in [0.1, 0.15) is 11.9 Å². The SMILES string of the molecule is O=[N+]([O-])c1ccc(Cl)c(OC2CCOC3(CCSC3)C2)c1. The lowest BCUT2D eigenvalue weighted by molar-refractivity contribution is -0.385. The van der Waals surface area contributed by atoms with Crippen molar-refractivity contribution in [1.82, 2.24) is 0 Å². The quantitative estimate of drug-likeness (QED) is 0.625. The lowest BCUT2D eigenvalue weighted by atomic mass is 9.91. The zero-order valence-electron chi connectivity index (χ0n) is 11.4. The summed E-state index contributed by atoms with van der Waals surface area (Å²) in [6.07, 6.45) is 2.64. The van der Waals surface area contributed by atoms with Crippen molar-refractivity contribution < 1.29 is 14.4 Å². The van der Waals surface area contributed by atoms with Crippen molar-refractivity contribution in [2.75, 3.05) is 18.1 Å². The second-order valence-corrected chi connectivity index (χ2v) is 6.95. The summed E-state index contributed by atoms with van der Waals surface area (Å²) in [6.45, 7) is 0.664. The highest BCUT2D eigenvalue weighted by Crippen LogP contribution is 2.40. The van der Waals surface area contributed by atoms with E-state index in [0.29, 0.717) is 17.4 Å². The van der Waals surface area contributed by atoms with E-state index in [1.54, 1.807) is 0 Å². The predicted molar refractivity (Wildman–Crippen MR) is 82.4 cm³/mol. The van der Waals surface area contributed by atoms with Crippen LogP contribution in [0.1, 0.15) is 19.3 Å². The second-order valence-electron chi connectivity index (χ2n) is 5.44. The van der Waals surface area contributed by atoms with Gasteiger partial charge in [-0.05, 0) is 18.2 Å². The standard InChI is InChI=1S/C14H16ClNO4S/c15-12-2-1-10(16(17)18)7-13(12)20-11-3-5-19-14(8-11)4-6-21-9-14/h1-2,7,11H,3-6,8-9H2. The minimum atomic E-state index is -0.442. The topological polar surface area (TPSA) is 61.6 Å². The molecule has 1 aromatic carbocycles. The summed E-state index contributed by atoms with van der Waals surface area (Å²) in [5.74, 6) is 2.50. The smallest absolute Gasteiger partial charge is 0.273 e. The fourth-order valence-electron chi connectivity index (χ4n) is 2.82. The van der Waals surface area contributed by atoms with Gasteiger partial charge in [0.15, 0.2) is 0 Å². The molecular formula is C14H16ClNO4S. The van der Waals surface area contributed by atoms with Crippen molar-refractivity contribution in [3.8, 4) is 5.75 Å². The molecule has 2 fully saturated rings. The van der Waals surface area contributed by atoms with Crippen LogP contribution in [0.2, 0.25) is 5.02 Å². The van der Waals surface area contributed by atoms with Gasteiger partial charge in [0.2, 0.25) is 0 Å². The third-order valence-electron chi connectivity index (χ3n) is 3.93. The van der Waals surface area contributed by atoms with E-state index in [4.69, 9.17) is 21.1 Å². The van der Waals surface area contributed by atoms with E-state index in [9.17, 15) is 10.1 Å². The maximum atomic E-state index is 10.8. The number of nitro benzene ring substituents is 1. The Bertz CT molecular complexity index is 548. The lowest BCUT2D eigenvalue weighted by Crippen LogP contribution is -2.43. The summed E-state index contributed by atoms with van der Waals surface area (Å²) in [4.78, 5) is 10.4. The molecule has 3 rings (SSSR count). The van der Waals surface area contributed by atoms with E-state index in [2.05, 4.69) is 0 Å². The zero-order chi connectivity index (χ0) is 14.9. The monoisotopic (exact) mass is 329 g/mol. The van der Waals surface area contributed by atoms with Gasteiger partial charge in [0.05, 0.1) is 28.2 Å². The van der Waals surface area contributed by atoms with Gasteiger partial charge in [0, 0.05) is 24.7 Å². The summed E-state index contributed by atoms with van der Waals surface area (Å²) in [7, 11) is 0. The molecule has 2 aliphatic rings. The van der Waals surface area contributed by atoms with Crippen LogP contribution in [0.3, 0.4) is 0 Å². The van der Waals surface area contributed by atoms with Crippen molar-refractivity contribution in [3.63, 3.8) is 0 Å². The number of benzene rings is 1. The van der Waals surface area contributed by atoms with E-state index in [1.807, 2.05) is 11.8 Å². The minimum Gasteiger partial charge on any atom is -0.488 e. The highest BCUT2D eigenvalue weighted by molar-refractivity contribution is 7.99. The second kappa shape index (κ2) is 6.02. The Morgan fingerprint density at radius 2 is 2.38 bits per heavy atom. The average molecular weight is 330 g/mol. The van der Waals surface area contributed by atoms with Gasteiger partial charge >= 0.3 is 0 Å². The van der Waals surface area contributed by atoms with Crippen LogP contribution in [-0.4, -0.2) is 34.7 Å². The Morgan fingerprint density at radius 1 is 1.52 bits per heavy atom. The molecule has 5 nitrogen and oxygen atoms in total. The van der Waals surface area contributed by atoms with Gasteiger partial charge in [-0.15, -0.1) is 0 Å². The highest BCUT2D eigenvalue weighted by Gasteiger charge is 2.41. The van der Waals surface area contributed by atoms with Crippen LogP contribution in [0.4, 0.5) is 5.69 Å². The van der Waals surface area contributed by atoms with Crippen LogP contribution in [0.5, 0.6) is 5.75 Å². The Hall–Kier alpha value is -0.980. The molecule has 114 valence electrons. The van der Waals surface area contributed by atoms with Crippen molar-refractivity contribution in [3.05, 3.63) is 33.3 Å². The molecule has 0 bridgehead atoms. The number of halogens is 1. The van der Waals surface area contributed by atoms with Gasteiger partial charge in [-0.2, -0.15) is 11.8 Å². The zero-order valence-corrected chi connectivity index (χ0v) is 13.0. The van der Waals surface area contributed by atoms with Crippen LogP contribution in [0.15, 0.2) is 18.2 Å². The third kappa shape index (κ3) is 3.27. The van der Waals surface area contributed by atoms with E-state index >= 15 is 0 Å².